The maximum Gasteiger partial charge on any atom is 0.110 e. The molecule has 3 heteroatoms. The number of aliphatic hydroxyl groups is 2. The predicted molar refractivity (Wildman–Crippen MR) is 64.7 cm³/mol. The first-order chi connectivity index (χ1) is 7.27. The van der Waals surface area contributed by atoms with Crippen LogP contribution in [0.3, 0.4) is 0 Å². The molecule has 0 heterocycles. The smallest absolute Gasteiger partial charge is 0.110 e. The Bertz CT molecular complexity index is 331. The predicted octanol–water partition coefficient (Wildman–Crippen LogP) is 1.28. The summed E-state index contributed by atoms with van der Waals surface area (Å²) in [6.45, 7) is 5.23. The number of rotatable bonds is 4. The molecule has 0 aliphatic heterocycles. The molecule has 3 nitrogen and oxygen atoms in total. The molecule has 0 radical (unpaired) electrons. The van der Waals surface area contributed by atoms with Crippen LogP contribution < -0.4 is 5.73 Å². The van der Waals surface area contributed by atoms with Crippen molar-refractivity contribution in [3.05, 3.63) is 35.9 Å². The van der Waals surface area contributed by atoms with Crippen LogP contribution in [0, 0.1) is 5.41 Å². The molecule has 0 amide bonds. The van der Waals surface area contributed by atoms with Crippen LogP contribution in [0.1, 0.15) is 26.3 Å². The van der Waals surface area contributed by atoms with E-state index in [4.69, 9.17) is 5.73 Å². The van der Waals surface area contributed by atoms with Gasteiger partial charge in [-0.05, 0) is 12.5 Å². The molecule has 0 saturated carbocycles. The van der Waals surface area contributed by atoms with Crippen LogP contribution in [-0.2, 0) is 6.42 Å². The monoisotopic (exact) mass is 223 g/mol. The van der Waals surface area contributed by atoms with Crippen molar-refractivity contribution in [3.63, 3.8) is 0 Å². The Hall–Kier alpha value is -0.900. The second-order valence-electron chi connectivity index (χ2n) is 5.10. The van der Waals surface area contributed by atoms with E-state index >= 15 is 0 Å². The van der Waals surface area contributed by atoms with Gasteiger partial charge in [-0.1, -0.05) is 44.2 Å². The molecular formula is C13H21NO2. The molecule has 1 aromatic rings. The van der Waals surface area contributed by atoms with Crippen molar-refractivity contribution in [1.29, 1.82) is 0 Å². The van der Waals surface area contributed by atoms with E-state index in [1.165, 1.54) is 0 Å². The zero-order valence-corrected chi connectivity index (χ0v) is 10.1. The lowest BCUT2D eigenvalue weighted by Gasteiger charge is -2.42. The molecule has 16 heavy (non-hydrogen) atoms. The number of aliphatic hydroxyl groups excluding tert-OH is 1. The highest BCUT2D eigenvalue weighted by Gasteiger charge is 2.43. The lowest BCUT2D eigenvalue weighted by molar-refractivity contribution is -0.112. The van der Waals surface area contributed by atoms with Crippen molar-refractivity contribution in [2.45, 2.75) is 39.0 Å². The van der Waals surface area contributed by atoms with Crippen molar-refractivity contribution in [2.24, 2.45) is 11.1 Å². The lowest BCUT2D eigenvalue weighted by atomic mass is 9.71. The van der Waals surface area contributed by atoms with Gasteiger partial charge in [-0.25, -0.2) is 0 Å². The highest BCUT2D eigenvalue weighted by atomic mass is 16.3. The first-order valence-corrected chi connectivity index (χ1v) is 5.47. The van der Waals surface area contributed by atoms with E-state index in [1.807, 2.05) is 30.3 Å². The largest absolute Gasteiger partial charge is 0.389 e. The molecule has 4 N–H and O–H groups in total. The second-order valence-corrected chi connectivity index (χ2v) is 5.10. The topological polar surface area (TPSA) is 66.5 Å². The second kappa shape index (κ2) is 4.53. The number of hydrogen-bond donors (Lipinski definition) is 3. The molecule has 0 saturated heterocycles. The highest BCUT2D eigenvalue weighted by molar-refractivity contribution is 5.18. The Morgan fingerprint density at radius 1 is 1.19 bits per heavy atom. The van der Waals surface area contributed by atoms with Gasteiger partial charge in [0.15, 0.2) is 0 Å². The normalized spacial score (nSPS) is 17.9. The average Bonchev–Trinajstić information content (AvgIpc) is 2.18. The average molecular weight is 223 g/mol. The maximum atomic E-state index is 10.4. The van der Waals surface area contributed by atoms with Crippen molar-refractivity contribution >= 4 is 0 Å². The minimum atomic E-state index is -1.05. The van der Waals surface area contributed by atoms with Crippen molar-refractivity contribution in [1.82, 2.24) is 0 Å². The lowest BCUT2D eigenvalue weighted by Crippen LogP contribution is -2.54. The molecule has 0 aromatic heterocycles. The summed E-state index contributed by atoms with van der Waals surface area (Å²) in [5, 5.41) is 19.9. The fourth-order valence-corrected chi connectivity index (χ4v) is 1.54. The van der Waals surface area contributed by atoms with E-state index < -0.39 is 17.2 Å². The molecule has 0 bridgehead atoms. The summed E-state index contributed by atoms with van der Waals surface area (Å²) in [5.74, 6) is 0. The van der Waals surface area contributed by atoms with Gasteiger partial charge in [0.1, 0.15) is 6.23 Å². The highest BCUT2D eigenvalue weighted by Crippen LogP contribution is 2.35. The van der Waals surface area contributed by atoms with Gasteiger partial charge in [0.25, 0.3) is 0 Å². The van der Waals surface area contributed by atoms with Crippen LogP contribution in [0.4, 0.5) is 0 Å². The SMILES string of the molecule is CC(O)(Cc1ccccc1)C(C)(C)C(N)O. The zero-order valence-electron chi connectivity index (χ0n) is 10.1. The van der Waals surface area contributed by atoms with E-state index in [0.717, 1.165) is 5.56 Å². The maximum absolute atomic E-state index is 10.4. The Balaban J connectivity index is 2.87. The molecule has 1 rings (SSSR count). The molecule has 0 fully saturated rings. The Morgan fingerprint density at radius 2 is 1.69 bits per heavy atom. The van der Waals surface area contributed by atoms with E-state index in [2.05, 4.69) is 0 Å². The molecular weight excluding hydrogens is 202 g/mol. The van der Waals surface area contributed by atoms with E-state index in [-0.39, 0.29) is 0 Å². The van der Waals surface area contributed by atoms with Crippen molar-refractivity contribution in [3.8, 4) is 0 Å². The molecule has 0 aliphatic carbocycles. The van der Waals surface area contributed by atoms with E-state index in [9.17, 15) is 10.2 Å². The minimum Gasteiger partial charge on any atom is -0.389 e. The van der Waals surface area contributed by atoms with Gasteiger partial charge in [0, 0.05) is 11.8 Å². The van der Waals surface area contributed by atoms with Gasteiger partial charge in [-0.2, -0.15) is 0 Å². The summed E-state index contributed by atoms with van der Waals surface area (Å²) in [5.41, 5.74) is 4.72. The van der Waals surface area contributed by atoms with Gasteiger partial charge >= 0.3 is 0 Å². The fraction of sp³-hybridized carbons (Fsp3) is 0.538. The molecule has 1 aromatic carbocycles. The van der Waals surface area contributed by atoms with Gasteiger partial charge in [-0.3, -0.25) is 0 Å². The zero-order chi connectivity index (χ0) is 12.4. The molecule has 0 spiro atoms. The third-order valence-corrected chi connectivity index (χ3v) is 3.52. The Labute approximate surface area is 96.9 Å². The summed E-state index contributed by atoms with van der Waals surface area (Å²) < 4.78 is 0. The van der Waals surface area contributed by atoms with Crippen LogP contribution in [0.15, 0.2) is 30.3 Å². The molecule has 0 aliphatic rings. The van der Waals surface area contributed by atoms with Crippen LogP contribution >= 0.6 is 0 Å². The summed E-state index contributed by atoms with van der Waals surface area (Å²) >= 11 is 0. The quantitative estimate of drug-likeness (QED) is 0.674. The van der Waals surface area contributed by atoms with Crippen LogP contribution in [0.2, 0.25) is 0 Å². The fourth-order valence-electron chi connectivity index (χ4n) is 1.54. The van der Waals surface area contributed by atoms with Gasteiger partial charge in [0.2, 0.25) is 0 Å². The van der Waals surface area contributed by atoms with E-state index in [1.54, 1.807) is 20.8 Å². The minimum absolute atomic E-state index is 0.467. The molecule has 2 atom stereocenters. The summed E-state index contributed by atoms with van der Waals surface area (Å²) in [7, 11) is 0. The third-order valence-electron chi connectivity index (χ3n) is 3.52. The Kier molecular flexibility index (Phi) is 3.73. The standard InChI is InChI=1S/C13H21NO2/c1-12(2,11(14)15)13(3,16)9-10-7-5-4-6-8-10/h4-8,11,15-16H,9,14H2,1-3H3. The number of nitrogens with two attached hydrogens (primary N) is 1. The van der Waals surface area contributed by atoms with E-state index in [0.29, 0.717) is 6.42 Å². The van der Waals surface area contributed by atoms with Crippen LogP contribution in [0.5, 0.6) is 0 Å². The summed E-state index contributed by atoms with van der Waals surface area (Å²) in [4.78, 5) is 0. The van der Waals surface area contributed by atoms with Gasteiger partial charge in [0.05, 0.1) is 5.60 Å². The summed E-state index contributed by atoms with van der Waals surface area (Å²) in [6.07, 6.45) is -0.582. The molecule has 90 valence electrons. The number of hydrogen-bond acceptors (Lipinski definition) is 3. The van der Waals surface area contributed by atoms with Crippen LogP contribution in [0.25, 0.3) is 0 Å². The first kappa shape index (κ1) is 13.2. The van der Waals surface area contributed by atoms with Gasteiger partial charge < -0.3 is 15.9 Å². The molecule has 2 unspecified atom stereocenters. The van der Waals surface area contributed by atoms with Crippen molar-refractivity contribution in [2.75, 3.05) is 0 Å². The third kappa shape index (κ3) is 2.61. The Morgan fingerprint density at radius 3 is 2.12 bits per heavy atom. The number of benzene rings is 1. The first-order valence-electron chi connectivity index (χ1n) is 5.47. The van der Waals surface area contributed by atoms with Gasteiger partial charge in [-0.15, -0.1) is 0 Å². The van der Waals surface area contributed by atoms with Crippen molar-refractivity contribution < 1.29 is 10.2 Å². The van der Waals surface area contributed by atoms with Crippen LogP contribution in [-0.4, -0.2) is 22.0 Å². The summed E-state index contributed by atoms with van der Waals surface area (Å²) in [6, 6.07) is 9.69.